The van der Waals surface area contributed by atoms with Crippen LogP contribution in [0.15, 0.2) is 0 Å². The Morgan fingerprint density at radius 3 is 1.28 bits per heavy atom. The number of nitrogens with one attached hydrogen (secondary N) is 2. The van der Waals surface area contributed by atoms with Crippen molar-refractivity contribution in [2.45, 2.75) is 0 Å². The maximum Gasteiger partial charge on any atom is 2.00 e. The first-order chi connectivity index (χ1) is 9.45. The van der Waals surface area contributed by atoms with Gasteiger partial charge >= 0.3 is 17.1 Å². The number of H-pyrrole nitrogens is 2. The summed E-state index contributed by atoms with van der Waals surface area (Å²) in [7, 11) is 0. The van der Waals surface area contributed by atoms with Crippen molar-refractivity contribution in [1.29, 1.82) is 0 Å². The second kappa shape index (κ2) is 20.9. The van der Waals surface area contributed by atoms with E-state index in [4.69, 9.17) is 0 Å². The summed E-state index contributed by atoms with van der Waals surface area (Å²) in [5, 5.41) is 28.9. The fraction of sp³-hybridized carbons (Fsp3) is 0. The Bertz CT molecular complexity index is 635. The van der Waals surface area contributed by atoms with E-state index in [2.05, 4.69) is 31.0 Å². The molecule has 0 bridgehead atoms. The van der Waals surface area contributed by atoms with E-state index in [1.165, 1.54) is 0 Å². The number of carbonyl (C=O) groups excluding carboxylic acids is 1. The first kappa shape index (κ1) is 50.0. The van der Waals surface area contributed by atoms with Crippen LogP contribution >= 0.6 is 0 Å². The van der Waals surface area contributed by atoms with E-state index >= 15 is 0 Å². The molecule has 0 aliphatic carbocycles. The van der Waals surface area contributed by atoms with Gasteiger partial charge in [-0.25, -0.2) is 30.4 Å². The van der Waals surface area contributed by atoms with Crippen LogP contribution in [0.5, 0.6) is 0 Å². The molecule has 174 valence electrons. The molecule has 22 N–H and O–H groups in total. The second-order valence-corrected chi connectivity index (χ2v) is 2.97. The second-order valence-electron chi connectivity index (χ2n) is 2.97. The van der Waals surface area contributed by atoms with Crippen molar-refractivity contribution in [2.75, 3.05) is 0 Å². The van der Waals surface area contributed by atoms with Gasteiger partial charge in [-0.15, -0.1) is 0 Å². The molecule has 23 nitrogen and oxygen atoms in total. The molecule has 0 radical (unpaired) electrons. The van der Waals surface area contributed by atoms with Gasteiger partial charge in [0.1, 0.15) is 33.6 Å². The van der Waals surface area contributed by atoms with Crippen molar-refractivity contribution in [3.05, 3.63) is 42.7 Å². The molecule has 0 saturated heterocycles. The van der Waals surface area contributed by atoms with Gasteiger partial charge in [-0.1, -0.05) is 10.9 Å². The van der Waals surface area contributed by atoms with Crippen molar-refractivity contribution in [1.82, 2.24) is 30.4 Å². The number of aromatic nitrogens is 6. The number of aromatic amines is 2. The minimum atomic E-state index is -1.03. The van der Waals surface area contributed by atoms with Crippen molar-refractivity contribution < 1.29 is 75.7 Å². The summed E-state index contributed by atoms with van der Waals surface area (Å²) < 4.78 is 0. The van der Waals surface area contributed by atoms with Gasteiger partial charge < -0.3 is 64.0 Å². The SMILES string of the molecule is O.O.O.O.O=C(c1n[nH]c([N-][N+](=O)[O-])n1)c1n[nH]c([N-][N+](=O)[O-])n1.[Fe+2].[OH3+].[OH3+].[OH3+].[OH3+]. The van der Waals surface area contributed by atoms with Crippen LogP contribution < -0.4 is 0 Å². The average Bonchev–Trinajstić information content (AvgIpc) is 2.96. The molecule has 29 heavy (non-hydrogen) atoms. The van der Waals surface area contributed by atoms with Gasteiger partial charge in [0.15, 0.2) is 0 Å². The molecular weight excluding hydrogens is 464 g/mol. The Kier molecular flexibility index (Phi) is 36.0. The normalized spacial score (nSPS) is 6.90. The summed E-state index contributed by atoms with van der Waals surface area (Å²) in [6.45, 7) is 0. The molecule has 0 fully saturated rings. The molecule has 0 aromatic carbocycles. The molecule has 0 saturated carbocycles. The van der Waals surface area contributed by atoms with Crippen LogP contribution in [0.25, 0.3) is 10.9 Å². The Balaban J connectivity index is -0.0000000817. The van der Waals surface area contributed by atoms with Gasteiger partial charge in [-0.2, -0.15) is 0 Å². The average molecular weight is 486 g/mol. The summed E-state index contributed by atoms with van der Waals surface area (Å²) in [4.78, 5) is 38.7. The van der Waals surface area contributed by atoms with Gasteiger partial charge in [0.05, 0.1) is 0 Å². The van der Waals surface area contributed by atoms with E-state index in [0.717, 1.165) is 0 Å². The standard InChI is InChI=1S/C5H3N10O5.Fe.8H2O/c16-1(2-6-4(10-8-2)12-14(17)18)3-7-5(11-9-3)13-15(19)20;;;;;;;;;/h(H3-,6,7,8,9,10,11,12,13,16);;8*1H2/q-1;+2;;;;;;;;/p+3. The Morgan fingerprint density at radius 2 is 1.03 bits per heavy atom. The third-order valence-corrected chi connectivity index (χ3v) is 1.71. The summed E-state index contributed by atoms with van der Waals surface area (Å²) in [6.07, 6.45) is 0. The summed E-state index contributed by atoms with van der Waals surface area (Å²) in [5.41, 5.74) is 5.57. The van der Waals surface area contributed by atoms with Gasteiger partial charge in [-0.05, 0) is 0 Å². The minimum Gasteiger partial charge on any atom is -0.457 e. The molecule has 24 heteroatoms. The van der Waals surface area contributed by atoms with E-state index in [9.17, 15) is 25.0 Å². The molecular formula is C5H22FeN10O13+4. The largest absolute Gasteiger partial charge is 2.00 e. The quantitative estimate of drug-likeness (QED) is 0.128. The smallest absolute Gasteiger partial charge is 0.457 e. The summed E-state index contributed by atoms with van der Waals surface area (Å²) in [5.74, 6) is -2.89. The number of ketones is 1. The molecule has 0 atom stereocenters. The molecule has 0 spiro atoms. The number of nitro groups is 2. The van der Waals surface area contributed by atoms with E-state index in [0.29, 0.717) is 0 Å². The zero-order chi connectivity index (χ0) is 14.7. The van der Waals surface area contributed by atoms with E-state index in [1.54, 1.807) is 0 Å². The summed E-state index contributed by atoms with van der Waals surface area (Å²) in [6, 6.07) is 0. The molecule has 0 amide bonds. The van der Waals surface area contributed by atoms with Crippen molar-refractivity contribution in [3.8, 4) is 0 Å². The molecule has 0 aliphatic rings. The van der Waals surface area contributed by atoms with Gasteiger partial charge in [0, 0.05) is 0 Å². The Labute approximate surface area is 167 Å². The molecule has 2 rings (SSSR count). The van der Waals surface area contributed by atoms with E-state index in [1.807, 2.05) is 10.2 Å². The van der Waals surface area contributed by atoms with Gasteiger partial charge in [0.2, 0.25) is 5.78 Å². The van der Waals surface area contributed by atoms with Crippen LogP contribution in [0.2, 0.25) is 0 Å². The molecule has 0 unspecified atom stereocenters. The number of nitrogens with zero attached hydrogens (tertiary/aromatic N) is 8. The fourth-order valence-electron chi connectivity index (χ4n) is 1.05. The number of carbonyl (C=O) groups is 1. The van der Waals surface area contributed by atoms with E-state index in [-0.39, 0.29) is 60.9 Å². The van der Waals surface area contributed by atoms with Crippen LogP contribution in [0.1, 0.15) is 16.4 Å². The number of rotatable bonds is 6. The van der Waals surface area contributed by atoms with Crippen molar-refractivity contribution >= 4 is 17.7 Å². The number of hydrogen-bond donors (Lipinski definition) is 2. The van der Waals surface area contributed by atoms with Crippen molar-refractivity contribution in [2.24, 2.45) is 0 Å². The van der Waals surface area contributed by atoms with Crippen LogP contribution in [0.4, 0.5) is 11.9 Å². The predicted molar refractivity (Wildman–Crippen MR) is 90.2 cm³/mol. The predicted octanol–water partition coefficient (Wildman–Crippen LogP) is -7.44. The first-order valence-corrected chi connectivity index (χ1v) is 4.57. The van der Waals surface area contributed by atoms with E-state index < -0.39 is 39.4 Å². The Morgan fingerprint density at radius 1 is 0.759 bits per heavy atom. The molecule has 2 heterocycles. The first-order valence-electron chi connectivity index (χ1n) is 4.57. The fourth-order valence-corrected chi connectivity index (χ4v) is 1.05. The molecule has 2 aromatic rings. The van der Waals surface area contributed by atoms with Crippen molar-refractivity contribution in [3.63, 3.8) is 0 Å². The zero-order valence-electron chi connectivity index (χ0n) is 13.8. The number of hydrogen-bond acceptors (Lipinski definition) is 9. The maximum atomic E-state index is 11.7. The Hall–Kier alpha value is -3.45. The van der Waals surface area contributed by atoms with Crippen LogP contribution in [0, 0.1) is 20.2 Å². The molecule has 2 aromatic heterocycles. The zero-order valence-corrected chi connectivity index (χ0v) is 14.9. The van der Waals surface area contributed by atoms with Crippen LogP contribution in [-0.4, -0.2) is 68.1 Å². The topological polar surface area (TPSA) is 473 Å². The molecule has 0 aliphatic heterocycles. The van der Waals surface area contributed by atoms with Gasteiger partial charge in [0.25, 0.3) is 0 Å². The maximum absolute atomic E-state index is 11.7. The van der Waals surface area contributed by atoms with Gasteiger partial charge in [-0.3, -0.25) is 4.79 Å². The van der Waals surface area contributed by atoms with Crippen LogP contribution in [0.3, 0.4) is 0 Å². The minimum absolute atomic E-state index is 0. The monoisotopic (exact) mass is 486 g/mol. The van der Waals surface area contributed by atoms with Crippen LogP contribution in [-0.2, 0) is 39.0 Å². The third-order valence-electron chi connectivity index (χ3n) is 1.71. The summed E-state index contributed by atoms with van der Waals surface area (Å²) >= 11 is 0. The third kappa shape index (κ3) is 13.4.